The van der Waals surface area contributed by atoms with Gasteiger partial charge in [-0.1, -0.05) is 60.9 Å². The molecule has 0 fully saturated rings. The van der Waals surface area contributed by atoms with E-state index in [0.717, 1.165) is 5.56 Å². The van der Waals surface area contributed by atoms with E-state index in [4.69, 9.17) is 23.2 Å². The van der Waals surface area contributed by atoms with Crippen molar-refractivity contribution in [2.75, 3.05) is 0 Å². The predicted octanol–water partition coefficient (Wildman–Crippen LogP) is 5.67. The fourth-order valence-electron chi connectivity index (χ4n) is 2.76. The number of benzene rings is 2. The van der Waals surface area contributed by atoms with Crippen molar-refractivity contribution in [2.24, 2.45) is 5.92 Å². The van der Waals surface area contributed by atoms with Crippen LogP contribution in [0.2, 0.25) is 10.0 Å². The first kappa shape index (κ1) is 22.6. The Balaban J connectivity index is 1.87. The summed E-state index contributed by atoms with van der Waals surface area (Å²) in [5, 5.41) is 13.0. The summed E-state index contributed by atoms with van der Waals surface area (Å²) in [5.74, 6) is 1.05. The minimum absolute atomic E-state index is 0.0535. The van der Waals surface area contributed by atoms with Crippen LogP contribution in [-0.4, -0.2) is 20.7 Å². The van der Waals surface area contributed by atoms with Gasteiger partial charge in [-0.2, -0.15) is 0 Å². The topological polar surface area (TPSA) is 59.8 Å². The lowest BCUT2D eigenvalue weighted by atomic mass is 10.1. The molecule has 0 aliphatic heterocycles. The third-order valence-electron chi connectivity index (χ3n) is 4.17. The van der Waals surface area contributed by atoms with Crippen molar-refractivity contribution in [1.29, 1.82) is 0 Å². The van der Waals surface area contributed by atoms with Gasteiger partial charge in [0.2, 0.25) is 5.91 Å². The number of amides is 1. The molecule has 30 heavy (non-hydrogen) atoms. The van der Waals surface area contributed by atoms with Gasteiger partial charge < -0.3 is 5.32 Å². The first-order valence-corrected chi connectivity index (χ1v) is 11.1. The molecule has 158 valence electrons. The quantitative estimate of drug-likeness (QED) is 0.434. The highest BCUT2D eigenvalue weighted by molar-refractivity contribution is 7.98. The highest BCUT2D eigenvalue weighted by Crippen LogP contribution is 2.30. The standard InChI is InChI=1S/C21H21Cl2FN4OS/c1-13(2)9-20(29)25-11-19-26-27-21(30-12-14-3-6-16(24)7-4-14)28(19)18-8-5-15(22)10-17(18)23/h3-8,10,13H,9,11-12H2,1-2H3,(H,25,29). The van der Waals surface area contributed by atoms with Crippen LogP contribution in [0.25, 0.3) is 5.69 Å². The highest BCUT2D eigenvalue weighted by Gasteiger charge is 2.18. The van der Waals surface area contributed by atoms with E-state index in [2.05, 4.69) is 15.5 Å². The fraction of sp³-hybridized carbons (Fsp3) is 0.286. The summed E-state index contributed by atoms with van der Waals surface area (Å²) in [7, 11) is 0. The summed E-state index contributed by atoms with van der Waals surface area (Å²) in [4.78, 5) is 12.1. The first-order chi connectivity index (χ1) is 14.3. The van der Waals surface area contributed by atoms with Crippen LogP contribution in [-0.2, 0) is 17.1 Å². The summed E-state index contributed by atoms with van der Waals surface area (Å²) in [6.45, 7) is 4.19. The molecular formula is C21H21Cl2FN4OS. The van der Waals surface area contributed by atoms with Crippen LogP contribution in [0.4, 0.5) is 4.39 Å². The Hall–Kier alpha value is -2.09. The van der Waals surface area contributed by atoms with Gasteiger partial charge in [-0.25, -0.2) is 4.39 Å². The molecule has 0 aliphatic carbocycles. The molecule has 0 bridgehead atoms. The first-order valence-electron chi connectivity index (χ1n) is 9.37. The molecule has 0 unspecified atom stereocenters. The second-order valence-corrected chi connectivity index (χ2v) is 8.91. The summed E-state index contributed by atoms with van der Waals surface area (Å²) < 4.78 is 15.0. The molecule has 2 aromatic carbocycles. The Morgan fingerprint density at radius 1 is 1.17 bits per heavy atom. The zero-order valence-corrected chi connectivity index (χ0v) is 18.9. The monoisotopic (exact) mass is 466 g/mol. The molecule has 0 saturated heterocycles. The van der Waals surface area contributed by atoms with E-state index in [-0.39, 0.29) is 24.2 Å². The van der Waals surface area contributed by atoms with Gasteiger partial charge in [0.25, 0.3) is 0 Å². The second-order valence-electron chi connectivity index (χ2n) is 7.12. The number of carbonyl (C=O) groups is 1. The molecule has 1 amide bonds. The van der Waals surface area contributed by atoms with E-state index in [9.17, 15) is 9.18 Å². The number of thioether (sulfide) groups is 1. The van der Waals surface area contributed by atoms with Crippen molar-refractivity contribution >= 4 is 40.9 Å². The van der Waals surface area contributed by atoms with Crippen molar-refractivity contribution in [1.82, 2.24) is 20.1 Å². The molecule has 3 aromatic rings. The van der Waals surface area contributed by atoms with Gasteiger partial charge in [-0.15, -0.1) is 10.2 Å². The number of halogens is 3. The van der Waals surface area contributed by atoms with Gasteiger partial charge >= 0.3 is 0 Å². The highest BCUT2D eigenvalue weighted by atomic mass is 35.5. The van der Waals surface area contributed by atoms with E-state index in [1.165, 1.54) is 23.9 Å². The van der Waals surface area contributed by atoms with Crippen molar-refractivity contribution in [3.8, 4) is 5.69 Å². The van der Waals surface area contributed by atoms with E-state index in [0.29, 0.717) is 38.9 Å². The Bertz CT molecular complexity index is 1020. The Kier molecular flexibility index (Phi) is 7.75. The zero-order valence-electron chi connectivity index (χ0n) is 16.5. The average Bonchev–Trinajstić information content (AvgIpc) is 3.08. The third kappa shape index (κ3) is 5.97. The number of carbonyl (C=O) groups excluding carboxylic acids is 1. The maximum atomic E-state index is 13.2. The summed E-state index contributed by atoms with van der Waals surface area (Å²) in [5.41, 5.74) is 1.62. The van der Waals surface area contributed by atoms with Crippen molar-refractivity contribution in [3.05, 3.63) is 69.7 Å². The lowest BCUT2D eigenvalue weighted by molar-refractivity contribution is -0.122. The normalized spacial score (nSPS) is 11.1. The minimum Gasteiger partial charge on any atom is -0.349 e. The smallest absolute Gasteiger partial charge is 0.220 e. The lowest BCUT2D eigenvalue weighted by Gasteiger charge is -2.13. The molecule has 0 spiro atoms. The molecule has 0 aliphatic rings. The molecule has 0 saturated carbocycles. The predicted molar refractivity (Wildman–Crippen MR) is 119 cm³/mol. The maximum absolute atomic E-state index is 13.2. The van der Waals surface area contributed by atoms with Crippen LogP contribution in [0, 0.1) is 11.7 Å². The SMILES string of the molecule is CC(C)CC(=O)NCc1nnc(SCc2ccc(F)cc2)n1-c1ccc(Cl)cc1Cl. The van der Waals surface area contributed by atoms with Gasteiger partial charge in [0.15, 0.2) is 11.0 Å². The van der Waals surface area contributed by atoms with E-state index < -0.39 is 0 Å². The summed E-state index contributed by atoms with van der Waals surface area (Å²) >= 11 is 13.9. The van der Waals surface area contributed by atoms with Gasteiger partial charge in [-0.05, 0) is 41.8 Å². The van der Waals surface area contributed by atoms with Crippen LogP contribution in [0.5, 0.6) is 0 Å². The van der Waals surface area contributed by atoms with Crippen LogP contribution in [0.15, 0.2) is 47.6 Å². The minimum atomic E-state index is -0.278. The molecule has 0 atom stereocenters. The average molecular weight is 467 g/mol. The number of aromatic nitrogens is 3. The Morgan fingerprint density at radius 3 is 2.57 bits per heavy atom. The number of rotatable bonds is 8. The zero-order chi connectivity index (χ0) is 21.7. The molecule has 5 nitrogen and oxygen atoms in total. The molecule has 0 radical (unpaired) electrons. The van der Waals surface area contributed by atoms with Gasteiger partial charge in [0.1, 0.15) is 5.82 Å². The second kappa shape index (κ2) is 10.3. The third-order valence-corrected chi connectivity index (χ3v) is 5.71. The maximum Gasteiger partial charge on any atom is 0.220 e. The Labute approximate surface area is 189 Å². The van der Waals surface area contributed by atoms with E-state index in [1.54, 1.807) is 30.3 Å². The molecule has 9 heteroatoms. The molecular weight excluding hydrogens is 446 g/mol. The van der Waals surface area contributed by atoms with Gasteiger partial charge in [0.05, 0.1) is 17.3 Å². The van der Waals surface area contributed by atoms with Gasteiger partial charge in [-0.3, -0.25) is 9.36 Å². The van der Waals surface area contributed by atoms with Crippen molar-refractivity contribution < 1.29 is 9.18 Å². The molecule has 3 rings (SSSR count). The summed E-state index contributed by atoms with van der Waals surface area (Å²) in [6.07, 6.45) is 0.433. The van der Waals surface area contributed by atoms with Crippen LogP contribution in [0.1, 0.15) is 31.7 Å². The number of nitrogens with zero attached hydrogens (tertiary/aromatic N) is 3. The molecule has 1 N–H and O–H groups in total. The Morgan fingerprint density at radius 2 is 1.90 bits per heavy atom. The van der Waals surface area contributed by atoms with E-state index >= 15 is 0 Å². The summed E-state index contributed by atoms with van der Waals surface area (Å²) in [6, 6.07) is 11.5. The van der Waals surface area contributed by atoms with Crippen molar-refractivity contribution in [3.63, 3.8) is 0 Å². The number of hydrogen-bond donors (Lipinski definition) is 1. The van der Waals surface area contributed by atoms with Crippen molar-refractivity contribution in [2.45, 2.75) is 37.7 Å². The molecule has 1 heterocycles. The van der Waals surface area contributed by atoms with E-state index in [1.807, 2.05) is 18.4 Å². The number of hydrogen-bond acceptors (Lipinski definition) is 4. The lowest BCUT2D eigenvalue weighted by Crippen LogP contribution is -2.25. The van der Waals surface area contributed by atoms with Crippen LogP contribution >= 0.6 is 35.0 Å². The van der Waals surface area contributed by atoms with Crippen LogP contribution < -0.4 is 5.32 Å². The van der Waals surface area contributed by atoms with Crippen LogP contribution in [0.3, 0.4) is 0 Å². The number of nitrogens with one attached hydrogen (secondary N) is 1. The largest absolute Gasteiger partial charge is 0.349 e. The molecule has 1 aromatic heterocycles. The van der Waals surface area contributed by atoms with Gasteiger partial charge in [0, 0.05) is 17.2 Å². The fourth-order valence-corrected chi connectivity index (χ4v) is 4.17.